The third kappa shape index (κ3) is 2.17. The topological polar surface area (TPSA) is 42.1 Å². The summed E-state index contributed by atoms with van der Waals surface area (Å²) in [5, 5.41) is 0. The maximum atomic E-state index is 5.68. The predicted octanol–water partition coefficient (Wildman–Crippen LogP) is 1.43. The molecule has 0 fully saturated rings. The van der Waals surface area contributed by atoms with Gasteiger partial charge in [0.05, 0.1) is 17.9 Å². The molecule has 0 saturated carbocycles. The molecule has 0 amide bonds. The van der Waals surface area contributed by atoms with E-state index in [9.17, 15) is 0 Å². The summed E-state index contributed by atoms with van der Waals surface area (Å²) in [5.74, 6) is 3.49. The van der Waals surface area contributed by atoms with Crippen LogP contribution >= 0.6 is 0 Å². The molecule has 2 N–H and O–H groups in total. The van der Waals surface area contributed by atoms with Crippen LogP contribution in [0, 0.1) is 19.3 Å². The first-order chi connectivity index (χ1) is 6.69. The first-order valence-electron chi connectivity index (χ1n) is 4.60. The minimum atomic E-state index is 0.576. The highest BCUT2D eigenvalue weighted by Gasteiger charge is 2.04. The molecule has 1 rings (SSSR count). The molecule has 0 radical (unpaired) electrons. The minimum absolute atomic E-state index is 0.576. The number of hydrogen-bond acceptors (Lipinski definition) is 3. The lowest BCUT2D eigenvalue weighted by Crippen LogP contribution is -2.24. The molecule has 3 nitrogen and oxygen atoms in total. The van der Waals surface area contributed by atoms with E-state index in [0.29, 0.717) is 12.2 Å². The maximum absolute atomic E-state index is 5.68. The van der Waals surface area contributed by atoms with Gasteiger partial charge >= 0.3 is 0 Å². The van der Waals surface area contributed by atoms with E-state index in [0.717, 1.165) is 18.1 Å². The standard InChI is InChI=1S/C11H15N3/c1-4-8-14(5-2)11-7-6-10(12)9(3)13-11/h1,6-7H,5,8,12H2,2-3H3. The van der Waals surface area contributed by atoms with Gasteiger partial charge in [-0.15, -0.1) is 6.42 Å². The van der Waals surface area contributed by atoms with Crippen molar-refractivity contribution in [1.29, 1.82) is 0 Å². The molecule has 0 aliphatic heterocycles. The van der Waals surface area contributed by atoms with Crippen LogP contribution in [0.2, 0.25) is 0 Å². The molecule has 0 atom stereocenters. The number of nitrogens with zero attached hydrogens (tertiary/aromatic N) is 2. The smallest absolute Gasteiger partial charge is 0.129 e. The van der Waals surface area contributed by atoms with Gasteiger partial charge < -0.3 is 10.6 Å². The summed E-state index contributed by atoms with van der Waals surface area (Å²) in [5.41, 5.74) is 7.24. The van der Waals surface area contributed by atoms with E-state index >= 15 is 0 Å². The van der Waals surface area contributed by atoms with E-state index in [1.165, 1.54) is 0 Å². The molecular weight excluding hydrogens is 174 g/mol. The highest BCUT2D eigenvalue weighted by atomic mass is 15.2. The third-order valence-corrected chi connectivity index (χ3v) is 2.10. The Hall–Kier alpha value is -1.69. The molecule has 0 unspecified atom stereocenters. The third-order valence-electron chi connectivity index (χ3n) is 2.10. The fourth-order valence-electron chi connectivity index (χ4n) is 1.20. The molecular formula is C11H15N3. The first kappa shape index (κ1) is 10.4. The summed E-state index contributed by atoms with van der Waals surface area (Å²) in [4.78, 5) is 6.39. The number of rotatable bonds is 3. The van der Waals surface area contributed by atoms with Crippen molar-refractivity contribution in [3.8, 4) is 12.3 Å². The largest absolute Gasteiger partial charge is 0.397 e. The van der Waals surface area contributed by atoms with Crippen LogP contribution in [0.25, 0.3) is 0 Å². The zero-order chi connectivity index (χ0) is 10.6. The van der Waals surface area contributed by atoms with Gasteiger partial charge in [0.25, 0.3) is 0 Å². The number of pyridine rings is 1. The summed E-state index contributed by atoms with van der Waals surface area (Å²) >= 11 is 0. The second-order valence-electron chi connectivity index (χ2n) is 3.06. The van der Waals surface area contributed by atoms with Crippen LogP contribution in [-0.4, -0.2) is 18.1 Å². The summed E-state index contributed by atoms with van der Waals surface area (Å²) < 4.78 is 0. The van der Waals surface area contributed by atoms with E-state index in [1.807, 2.05) is 30.9 Å². The highest BCUT2D eigenvalue weighted by molar-refractivity contribution is 5.50. The Labute approximate surface area is 84.9 Å². The highest BCUT2D eigenvalue weighted by Crippen LogP contribution is 2.15. The van der Waals surface area contributed by atoms with E-state index < -0.39 is 0 Å². The van der Waals surface area contributed by atoms with E-state index in [1.54, 1.807) is 0 Å². The van der Waals surface area contributed by atoms with Crippen molar-refractivity contribution in [2.45, 2.75) is 13.8 Å². The second-order valence-corrected chi connectivity index (χ2v) is 3.06. The van der Waals surface area contributed by atoms with Crippen LogP contribution in [0.4, 0.5) is 11.5 Å². The molecule has 1 heterocycles. The Morgan fingerprint density at radius 3 is 2.79 bits per heavy atom. The first-order valence-corrected chi connectivity index (χ1v) is 4.60. The molecule has 74 valence electrons. The van der Waals surface area contributed by atoms with Crippen LogP contribution in [0.3, 0.4) is 0 Å². The second kappa shape index (κ2) is 4.52. The molecule has 1 aromatic rings. The molecule has 1 aromatic heterocycles. The Bertz CT molecular complexity index is 352. The van der Waals surface area contributed by atoms with E-state index in [2.05, 4.69) is 10.9 Å². The van der Waals surface area contributed by atoms with Crippen molar-refractivity contribution in [2.75, 3.05) is 23.7 Å². The van der Waals surface area contributed by atoms with Crippen molar-refractivity contribution in [2.24, 2.45) is 0 Å². The number of anilines is 2. The maximum Gasteiger partial charge on any atom is 0.129 e. The number of hydrogen-bond donors (Lipinski definition) is 1. The molecule has 0 bridgehead atoms. The fourth-order valence-corrected chi connectivity index (χ4v) is 1.20. The average molecular weight is 189 g/mol. The molecule has 14 heavy (non-hydrogen) atoms. The quantitative estimate of drug-likeness (QED) is 0.731. The van der Waals surface area contributed by atoms with Gasteiger partial charge in [-0.3, -0.25) is 0 Å². The Kier molecular flexibility index (Phi) is 3.35. The van der Waals surface area contributed by atoms with Gasteiger partial charge in [0.2, 0.25) is 0 Å². The van der Waals surface area contributed by atoms with Gasteiger partial charge in [0, 0.05) is 6.54 Å². The van der Waals surface area contributed by atoms with Crippen LogP contribution in [0.5, 0.6) is 0 Å². The van der Waals surface area contributed by atoms with E-state index in [-0.39, 0.29) is 0 Å². The van der Waals surface area contributed by atoms with E-state index in [4.69, 9.17) is 12.2 Å². The molecule has 0 aromatic carbocycles. The number of nitrogen functional groups attached to an aromatic ring is 1. The van der Waals surface area contributed by atoms with Gasteiger partial charge in [0.1, 0.15) is 5.82 Å². The van der Waals surface area contributed by atoms with Crippen LogP contribution in [0.15, 0.2) is 12.1 Å². The number of aromatic nitrogens is 1. The molecule has 0 aliphatic carbocycles. The summed E-state index contributed by atoms with van der Waals surface area (Å²) in [7, 11) is 0. The molecule has 3 heteroatoms. The number of terminal acetylenes is 1. The minimum Gasteiger partial charge on any atom is -0.397 e. The van der Waals surface area contributed by atoms with Crippen LogP contribution in [0.1, 0.15) is 12.6 Å². The Balaban J connectivity index is 2.95. The fraction of sp³-hybridized carbons (Fsp3) is 0.364. The number of aryl methyl sites for hydroxylation is 1. The van der Waals surface area contributed by atoms with Gasteiger partial charge in [-0.05, 0) is 26.0 Å². The summed E-state index contributed by atoms with van der Waals surface area (Å²) in [6, 6.07) is 3.75. The lowest BCUT2D eigenvalue weighted by atomic mass is 10.3. The zero-order valence-corrected chi connectivity index (χ0v) is 8.62. The molecule has 0 spiro atoms. The SMILES string of the molecule is C#CCN(CC)c1ccc(N)c(C)n1. The lowest BCUT2D eigenvalue weighted by molar-refractivity contribution is 0.888. The summed E-state index contributed by atoms with van der Waals surface area (Å²) in [6.07, 6.45) is 5.27. The van der Waals surface area contributed by atoms with Crippen molar-refractivity contribution < 1.29 is 0 Å². The van der Waals surface area contributed by atoms with Gasteiger partial charge in [-0.2, -0.15) is 0 Å². The number of nitrogens with two attached hydrogens (primary N) is 1. The Morgan fingerprint density at radius 2 is 2.29 bits per heavy atom. The normalized spacial score (nSPS) is 9.50. The van der Waals surface area contributed by atoms with Crippen molar-refractivity contribution in [3.63, 3.8) is 0 Å². The zero-order valence-electron chi connectivity index (χ0n) is 8.62. The lowest BCUT2D eigenvalue weighted by Gasteiger charge is -2.19. The van der Waals surface area contributed by atoms with Gasteiger partial charge in [-0.25, -0.2) is 4.98 Å². The average Bonchev–Trinajstić information content (AvgIpc) is 2.19. The van der Waals surface area contributed by atoms with Gasteiger partial charge in [-0.1, -0.05) is 5.92 Å². The van der Waals surface area contributed by atoms with Crippen molar-refractivity contribution in [3.05, 3.63) is 17.8 Å². The summed E-state index contributed by atoms with van der Waals surface area (Å²) in [6.45, 7) is 5.36. The Morgan fingerprint density at radius 1 is 1.57 bits per heavy atom. The monoisotopic (exact) mass is 189 g/mol. The predicted molar refractivity (Wildman–Crippen MR) is 60.1 cm³/mol. The molecule has 0 saturated heterocycles. The van der Waals surface area contributed by atoms with Crippen LogP contribution in [-0.2, 0) is 0 Å². The van der Waals surface area contributed by atoms with Crippen molar-refractivity contribution in [1.82, 2.24) is 4.98 Å². The van der Waals surface area contributed by atoms with Crippen LogP contribution < -0.4 is 10.6 Å². The molecule has 0 aliphatic rings. The van der Waals surface area contributed by atoms with Gasteiger partial charge in [0.15, 0.2) is 0 Å². The van der Waals surface area contributed by atoms with Crippen molar-refractivity contribution >= 4 is 11.5 Å².